The van der Waals surface area contributed by atoms with E-state index >= 15 is 0 Å². The highest BCUT2D eigenvalue weighted by molar-refractivity contribution is 4.86. The van der Waals surface area contributed by atoms with E-state index in [9.17, 15) is 4.48 Å². The standard InChI is InChI=1S/C7H14FN/c1-6-7(2,3)4-5-9(6)8/h6H,4-5H2,1-3H3. The number of nitrogens with zero attached hydrogens (tertiary/aromatic N) is 1. The van der Waals surface area contributed by atoms with Gasteiger partial charge in [0.15, 0.2) is 0 Å². The van der Waals surface area contributed by atoms with Gasteiger partial charge in [-0.25, -0.2) is 0 Å². The molecule has 1 nitrogen and oxygen atoms in total. The van der Waals surface area contributed by atoms with Gasteiger partial charge in [-0.05, 0) is 18.8 Å². The highest BCUT2D eigenvalue weighted by Crippen LogP contribution is 2.35. The molecule has 1 saturated heterocycles. The largest absolute Gasteiger partial charge is 0.143 e. The molecule has 1 aliphatic heterocycles. The maximum Gasteiger partial charge on any atom is 0.0425 e. The summed E-state index contributed by atoms with van der Waals surface area (Å²) in [6, 6.07) is 0.0949. The van der Waals surface area contributed by atoms with E-state index in [0.717, 1.165) is 11.5 Å². The minimum absolute atomic E-state index is 0.0949. The normalized spacial score (nSPS) is 35.3. The van der Waals surface area contributed by atoms with E-state index in [1.807, 2.05) is 6.92 Å². The highest BCUT2D eigenvalue weighted by Gasteiger charge is 2.37. The first-order valence-electron chi connectivity index (χ1n) is 3.46. The maximum absolute atomic E-state index is 12.6. The van der Waals surface area contributed by atoms with E-state index in [0.29, 0.717) is 6.54 Å². The van der Waals surface area contributed by atoms with Gasteiger partial charge < -0.3 is 0 Å². The molecule has 1 fully saturated rings. The molecule has 0 N–H and O–H groups in total. The SMILES string of the molecule is CC1N(F)CCC1(C)C. The minimum Gasteiger partial charge on any atom is -0.143 e. The molecule has 0 radical (unpaired) electrons. The van der Waals surface area contributed by atoms with Crippen molar-refractivity contribution in [1.29, 1.82) is 0 Å². The van der Waals surface area contributed by atoms with E-state index in [1.165, 1.54) is 0 Å². The van der Waals surface area contributed by atoms with Crippen LogP contribution in [-0.2, 0) is 0 Å². The van der Waals surface area contributed by atoms with Crippen molar-refractivity contribution in [3.05, 3.63) is 0 Å². The van der Waals surface area contributed by atoms with Crippen LogP contribution in [0.4, 0.5) is 4.48 Å². The molecular formula is C7H14FN. The zero-order chi connectivity index (χ0) is 7.07. The van der Waals surface area contributed by atoms with Crippen molar-refractivity contribution in [2.45, 2.75) is 33.2 Å². The Morgan fingerprint density at radius 1 is 1.56 bits per heavy atom. The first-order valence-corrected chi connectivity index (χ1v) is 3.46. The number of hydrogen-bond donors (Lipinski definition) is 0. The Bertz CT molecular complexity index is 111. The van der Waals surface area contributed by atoms with Crippen LogP contribution in [0.2, 0.25) is 0 Å². The fraction of sp³-hybridized carbons (Fsp3) is 1.00. The molecule has 1 rings (SSSR count). The lowest BCUT2D eigenvalue weighted by atomic mass is 9.86. The van der Waals surface area contributed by atoms with Crippen LogP contribution >= 0.6 is 0 Å². The monoisotopic (exact) mass is 131 g/mol. The average molecular weight is 131 g/mol. The molecule has 54 valence electrons. The molecule has 9 heavy (non-hydrogen) atoms. The van der Waals surface area contributed by atoms with Crippen LogP contribution in [0.15, 0.2) is 0 Å². The van der Waals surface area contributed by atoms with Crippen molar-refractivity contribution in [2.24, 2.45) is 5.41 Å². The maximum atomic E-state index is 12.6. The van der Waals surface area contributed by atoms with E-state index in [2.05, 4.69) is 13.8 Å². The van der Waals surface area contributed by atoms with Crippen molar-refractivity contribution in [3.63, 3.8) is 0 Å². The number of halogens is 1. The second-order valence-corrected chi connectivity index (χ2v) is 3.54. The van der Waals surface area contributed by atoms with Gasteiger partial charge >= 0.3 is 0 Å². The predicted octanol–water partition coefficient (Wildman–Crippen LogP) is 1.99. The molecule has 0 aromatic rings. The molecule has 1 heterocycles. The van der Waals surface area contributed by atoms with Crippen molar-refractivity contribution in [3.8, 4) is 0 Å². The molecule has 0 saturated carbocycles. The molecule has 1 atom stereocenters. The van der Waals surface area contributed by atoms with Crippen LogP contribution < -0.4 is 0 Å². The van der Waals surface area contributed by atoms with E-state index in [4.69, 9.17) is 0 Å². The molecule has 0 aliphatic carbocycles. The lowest BCUT2D eigenvalue weighted by molar-refractivity contribution is -0.00242. The summed E-state index contributed by atoms with van der Waals surface area (Å²) in [6.45, 7) is 6.76. The molecule has 0 spiro atoms. The third kappa shape index (κ3) is 1.08. The minimum atomic E-state index is 0.0949. The Labute approximate surface area is 55.8 Å². The number of rotatable bonds is 0. The molecule has 1 unspecified atom stereocenters. The van der Waals surface area contributed by atoms with Crippen LogP contribution in [0, 0.1) is 5.41 Å². The van der Waals surface area contributed by atoms with Crippen LogP contribution in [0.5, 0.6) is 0 Å². The van der Waals surface area contributed by atoms with Gasteiger partial charge in [0.25, 0.3) is 0 Å². The zero-order valence-corrected chi connectivity index (χ0v) is 6.32. The summed E-state index contributed by atoms with van der Waals surface area (Å²) in [5.41, 5.74) is 0.175. The topological polar surface area (TPSA) is 3.24 Å². The van der Waals surface area contributed by atoms with Gasteiger partial charge in [0.05, 0.1) is 0 Å². The summed E-state index contributed by atoms with van der Waals surface area (Å²) >= 11 is 0. The Hall–Kier alpha value is -0.110. The van der Waals surface area contributed by atoms with Crippen LogP contribution in [0.25, 0.3) is 0 Å². The Kier molecular flexibility index (Phi) is 1.51. The van der Waals surface area contributed by atoms with E-state index in [-0.39, 0.29) is 11.5 Å². The van der Waals surface area contributed by atoms with Crippen LogP contribution in [0.1, 0.15) is 27.2 Å². The first-order chi connectivity index (χ1) is 4.04. The Morgan fingerprint density at radius 3 is 2.22 bits per heavy atom. The fourth-order valence-corrected chi connectivity index (χ4v) is 1.18. The van der Waals surface area contributed by atoms with Crippen molar-refractivity contribution in [2.75, 3.05) is 6.54 Å². The summed E-state index contributed by atoms with van der Waals surface area (Å²) in [5.74, 6) is 0. The van der Waals surface area contributed by atoms with Crippen molar-refractivity contribution >= 4 is 0 Å². The molecule has 0 aromatic heterocycles. The zero-order valence-electron chi connectivity index (χ0n) is 6.32. The van der Waals surface area contributed by atoms with E-state index in [1.54, 1.807) is 0 Å². The van der Waals surface area contributed by atoms with Gasteiger partial charge in [-0.2, -0.15) is 0 Å². The fourth-order valence-electron chi connectivity index (χ4n) is 1.18. The van der Waals surface area contributed by atoms with E-state index < -0.39 is 0 Å². The summed E-state index contributed by atoms with van der Waals surface area (Å²) in [6.07, 6.45) is 0.977. The lowest BCUT2D eigenvalue weighted by Crippen LogP contribution is -2.27. The first kappa shape index (κ1) is 7.00. The summed E-state index contributed by atoms with van der Waals surface area (Å²) in [4.78, 5) is 0. The van der Waals surface area contributed by atoms with Gasteiger partial charge in [0.2, 0.25) is 0 Å². The predicted molar refractivity (Wildman–Crippen MR) is 35.7 cm³/mol. The van der Waals surface area contributed by atoms with Gasteiger partial charge in [0, 0.05) is 12.6 Å². The summed E-state index contributed by atoms with van der Waals surface area (Å²) in [5, 5.41) is 0.931. The average Bonchev–Trinajstić information content (AvgIpc) is 1.97. The summed E-state index contributed by atoms with van der Waals surface area (Å²) in [7, 11) is 0. The van der Waals surface area contributed by atoms with Crippen LogP contribution in [-0.4, -0.2) is 17.7 Å². The third-order valence-corrected chi connectivity index (χ3v) is 2.52. The van der Waals surface area contributed by atoms with Gasteiger partial charge in [-0.3, -0.25) is 0 Å². The van der Waals surface area contributed by atoms with Gasteiger partial charge in [0.1, 0.15) is 0 Å². The van der Waals surface area contributed by atoms with Gasteiger partial charge in [-0.15, -0.1) is 9.60 Å². The molecule has 1 aliphatic rings. The molecule has 0 bridgehead atoms. The molecule has 2 heteroatoms. The summed E-state index contributed by atoms with van der Waals surface area (Å²) < 4.78 is 12.6. The number of hydrogen-bond acceptors (Lipinski definition) is 1. The highest BCUT2D eigenvalue weighted by atomic mass is 19.2. The quantitative estimate of drug-likeness (QED) is 0.454. The Balaban J connectivity index is 2.62. The van der Waals surface area contributed by atoms with Gasteiger partial charge in [-0.1, -0.05) is 13.8 Å². The third-order valence-electron chi connectivity index (χ3n) is 2.52. The van der Waals surface area contributed by atoms with Crippen molar-refractivity contribution < 1.29 is 4.48 Å². The molecule has 0 amide bonds. The second kappa shape index (κ2) is 1.94. The molecular weight excluding hydrogens is 117 g/mol. The van der Waals surface area contributed by atoms with Crippen LogP contribution in [0.3, 0.4) is 0 Å². The smallest absolute Gasteiger partial charge is 0.0425 e. The second-order valence-electron chi connectivity index (χ2n) is 3.54. The molecule has 0 aromatic carbocycles. The Morgan fingerprint density at radius 2 is 2.11 bits per heavy atom. The van der Waals surface area contributed by atoms with Crippen molar-refractivity contribution in [1.82, 2.24) is 5.12 Å². The lowest BCUT2D eigenvalue weighted by Gasteiger charge is -2.23.